The van der Waals surface area contributed by atoms with E-state index in [1.54, 1.807) is 12.1 Å². The minimum atomic E-state index is 0.282. The molecule has 0 spiro atoms. The highest BCUT2D eigenvalue weighted by Crippen LogP contribution is 2.25. The number of rotatable bonds is 12. The maximum atomic E-state index is 9.45. The van der Waals surface area contributed by atoms with Crippen LogP contribution in [-0.2, 0) is 4.74 Å². The van der Waals surface area contributed by atoms with E-state index in [2.05, 4.69) is 67.4 Å². The Hall–Kier alpha value is -2.91. The predicted octanol–water partition coefficient (Wildman–Crippen LogP) is 7.90. The van der Waals surface area contributed by atoms with E-state index in [9.17, 15) is 5.11 Å². The topological polar surface area (TPSA) is 42.4 Å². The molecular formula is C29H35NO2. The van der Waals surface area contributed by atoms with Crippen molar-refractivity contribution in [2.45, 2.75) is 58.5 Å². The van der Waals surface area contributed by atoms with Gasteiger partial charge in [-0.1, -0.05) is 74.4 Å². The van der Waals surface area contributed by atoms with Gasteiger partial charge in [0.25, 0.3) is 0 Å². The van der Waals surface area contributed by atoms with Gasteiger partial charge in [-0.25, -0.2) is 0 Å². The lowest BCUT2D eigenvalue weighted by Gasteiger charge is -2.11. The molecule has 3 nitrogen and oxygen atoms in total. The predicted molar refractivity (Wildman–Crippen MR) is 135 cm³/mol. The van der Waals surface area contributed by atoms with Gasteiger partial charge < -0.3 is 9.84 Å². The second kappa shape index (κ2) is 12.8. The molecule has 2 aromatic carbocycles. The van der Waals surface area contributed by atoms with Crippen LogP contribution in [0.2, 0.25) is 0 Å². The average Bonchev–Trinajstić information content (AvgIpc) is 2.83. The summed E-state index contributed by atoms with van der Waals surface area (Å²) in [7, 11) is 0. The molecule has 0 bridgehead atoms. The van der Waals surface area contributed by atoms with E-state index in [1.165, 1.54) is 19.3 Å². The zero-order chi connectivity index (χ0) is 22.6. The first kappa shape index (κ1) is 23.7. The monoisotopic (exact) mass is 429 g/mol. The van der Waals surface area contributed by atoms with Crippen molar-refractivity contribution in [3.05, 3.63) is 78.5 Å². The molecule has 32 heavy (non-hydrogen) atoms. The Bertz CT molecular complexity index is 944. The zero-order valence-corrected chi connectivity index (χ0v) is 19.3. The van der Waals surface area contributed by atoms with Crippen LogP contribution in [-0.4, -0.2) is 22.8 Å². The maximum Gasteiger partial charge on any atom is 0.115 e. The molecule has 0 aliphatic carbocycles. The number of phenols is 1. The van der Waals surface area contributed by atoms with Crippen molar-refractivity contribution in [1.82, 2.24) is 4.98 Å². The normalized spacial score (nSPS) is 12.3. The minimum Gasteiger partial charge on any atom is -0.508 e. The molecule has 3 heteroatoms. The summed E-state index contributed by atoms with van der Waals surface area (Å²) in [6.45, 7) is 5.29. The molecule has 0 radical (unpaired) electrons. The first-order valence-electron chi connectivity index (χ1n) is 11.8. The van der Waals surface area contributed by atoms with Gasteiger partial charge in [0.1, 0.15) is 5.75 Å². The van der Waals surface area contributed by atoms with Crippen LogP contribution >= 0.6 is 0 Å². The fraction of sp³-hybridized carbons (Fsp3) is 0.345. The Morgan fingerprint density at radius 2 is 1.56 bits per heavy atom. The van der Waals surface area contributed by atoms with Gasteiger partial charge in [0.2, 0.25) is 0 Å². The Kier molecular flexibility index (Phi) is 9.52. The summed E-state index contributed by atoms with van der Waals surface area (Å²) in [5.41, 5.74) is 5.39. The van der Waals surface area contributed by atoms with Crippen LogP contribution in [0.3, 0.4) is 0 Å². The average molecular weight is 430 g/mol. The third-order valence-electron chi connectivity index (χ3n) is 5.61. The molecule has 0 saturated carbocycles. The zero-order valence-electron chi connectivity index (χ0n) is 19.3. The number of pyridine rings is 1. The minimum absolute atomic E-state index is 0.282. The standard InChI is InChI=1S/C29H35NO2/c1-3-4-8-21-32-23(2)9-6-5-7-10-24-11-20-29(30-22-24)27-14-12-25(13-15-27)26-16-18-28(31)19-17-26/h7,10-20,22-23,31H,3-6,8-9,21H2,1-2H3/b10-7+. The lowest BCUT2D eigenvalue weighted by atomic mass is 10.0. The van der Waals surface area contributed by atoms with E-state index in [1.807, 2.05) is 18.3 Å². The maximum absolute atomic E-state index is 9.45. The second-order valence-corrected chi connectivity index (χ2v) is 8.32. The summed E-state index contributed by atoms with van der Waals surface area (Å²) >= 11 is 0. The lowest BCUT2D eigenvalue weighted by molar-refractivity contribution is 0.0566. The molecule has 1 aromatic heterocycles. The van der Waals surface area contributed by atoms with Crippen LogP contribution in [0.15, 0.2) is 72.9 Å². The highest BCUT2D eigenvalue weighted by molar-refractivity contribution is 5.69. The number of benzene rings is 2. The number of phenolic OH excluding ortho intramolecular Hbond substituents is 1. The lowest BCUT2D eigenvalue weighted by Crippen LogP contribution is -2.08. The number of nitrogens with zero attached hydrogens (tertiary/aromatic N) is 1. The molecule has 1 N–H and O–H groups in total. The van der Waals surface area contributed by atoms with Crippen molar-refractivity contribution in [3.8, 4) is 28.1 Å². The van der Waals surface area contributed by atoms with Gasteiger partial charge in [0.05, 0.1) is 11.8 Å². The first-order chi connectivity index (χ1) is 15.7. The summed E-state index contributed by atoms with van der Waals surface area (Å²) in [6.07, 6.45) is 13.6. The number of hydrogen-bond donors (Lipinski definition) is 1. The largest absolute Gasteiger partial charge is 0.508 e. The van der Waals surface area contributed by atoms with E-state index in [0.29, 0.717) is 6.10 Å². The first-order valence-corrected chi connectivity index (χ1v) is 11.8. The van der Waals surface area contributed by atoms with Crippen LogP contribution in [0, 0.1) is 0 Å². The molecule has 168 valence electrons. The van der Waals surface area contributed by atoms with E-state index in [4.69, 9.17) is 4.74 Å². The van der Waals surface area contributed by atoms with Gasteiger partial charge in [0, 0.05) is 18.4 Å². The molecule has 0 saturated heterocycles. The quantitative estimate of drug-likeness (QED) is 0.298. The molecule has 1 unspecified atom stereocenters. The molecule has 0 aliphatic rings. The van der Waals surface area contributed by atoms with Crippen LogP contribution in [0.4, 0.5) is 0 Å². The third kappa shape index (κ3) is 7.65. The van der Waals surface area contributed by atoms with Gasteiger partial charge >= 0.3 is 0 Å². The molecule has 0 amide bonds. The summed E-state index contributed by atoms with van der Waals surface area (Å²) < 4.78 is 5.86. The van der Waals surface area contributed by atoms with Crippen LogP contribution in [0.5, 0.6) is 5.75 Å². The third-order valence-corrected chi connectivity index (χ3v) is 5.61. The number of unbranched alkanes of at least 4 members (excludes halogenated alkanes) is 3. The molecule has 0 fully saturated rings. The van der Waals surface area contributed by atoms with E-state index < -0.39 is 0 Å². The van der Waals surface area contributed by atoms with E-state index in [0.717, 1.165) is 53.8 Å². The van der Waals surface area contributed by atoms with Crippen molar-refractivity contribution in [2.75, 3.05) is 6.61 Å². The van der Waals surface area contributed by atoms with Gasteiger partial charge in [0.15, 0.2) is 0 Å². The number of aromatic nitrogens is 1. The number of allylic oxidation sites excluding steroid dienone is 1. The van der Waals surface area contributed by atoms with Crippen molar-refractivity contribution in [2.24, 2.45) is 0 Å². The van der Waals surface area contributed by atoms with E-state index in [-0.39, 0.29) is 5.75 Å². The van der Waals surface area contributed by atoms with Crippen molar-refractivity contribution in [1.29, 1.82) is 0 Å². The van der Waals surface area contributed by atoms with Gasteiger partial charge in [-0.15, -0.1) is 0 Å². The van der Waals surface area contributed by atoms with E-state index >= 15 is 0 Å². The fourth-order valence-electron chi connectivity index (χ4n) is 3.62. The Morgan fingerprint density at radius 3 is 2.22 bits per heavy atom. The van der Waals surface area contributed by atoms with Crippen molar-refractivity contribution < 1.29 is 9.84 Å². The summed E-state index contributed by atoms with van der Waals surface area (Å²) in [5.74, 6) is 0.282. The molecule has 0 aliphatic heterocycles. The molecular weight excluding hydrogens is 394 g/mol. The molecule has 1 heterocycles. The molecule has 1 atom stereocenters. The smallest absolute Gasteiger partial charge is 0.115 e. The highest BCUT2D eigenvalue weighted by atomic mass is 16.5. The van der Waals surface area contributed by atoms with Crippen LogP contribution in [0.25, 0.3) is 28.5 Å². The Labute approximate surface area is 192 Å². The number of aromatic hydroxyl groups is 1. The molecule has 3 rings (SSSR count). The SMILES string of the molecule is CCCCCOC(C)CCC/C=C/c1ccc(-c2ccc(-c3ccc(O)cc3)cc2)nc1. The fourth-order valence-corrected chi connectivity index (χ4v) is 3.62. The molecule has 3 aromatic rings. The van der Waals surface area contributed by atoms with Gasteiger partial charge in [-0.3, -0.25) is 4.98 Å². The number of hydrogen-bond acceptors (Lipinski definition) is 3. The summed E-state index contributed by atoms with van der Waals surface area (Å²) in [6, 6.07) is 19.8. The summed E-state index contributed by atoms with van der Waals surface area (Å²) in [4.78, 5) is 4.63. The summed E-state index contributed by atoms with van der Waals surface area (Å²) in [5, 5.41) is 9.45. The van der Waals surface area contributed by atoms with Crippen molar-refractivity contribution in [3.63, 3.8) is 0 Å². The van der Waals surface area contributed by atoms with Crippen LogP contribution in [0.1, 0.15) is 57.9 Å². The number of ether oxygens (including phenoxy) is 1. The van der Waals surface area contributed by atoms with Gasteiger partial charge in [-0.05, 0) is 67.5 Å². The van der Waals surface area contributed by atoms with Gasteiger partial charge in [-0.2, -0.15) is 0 Å². The van der Waals surface area contributed by atoms with Crippen LogP contribution < -0.4 is 0 Å². The highest BCUT2D eigenvalue weighted by Gasteiger charge is 2.03. The second-order valence-electron chi connectivity index (χ2n) is 8.32. The Balaban J connectivity index is 1.45. The Morgan fingerprint density at radius 1 is 0.875 bits per heavy atom. The van der Waals surface area contributed by atoms with Crippen molar-refractivity contribution >= 4 is 6.08 Å².